The van der Waals surface area contributed by atoms with Gasteiger partial charge in [-0.1, -0.05) is 37.3 Å². The van der Waals surface area contributed by atoms with Gasteiger partial charge in [0.05, 0.1) is 29.0 Å². The lowest BCUT2D eigenvalue weighted by atomic mass is 10.1. The monoisotopic (exact) mass is 426 g/mol. The lowest BCUT2D eigenvalue weighted by Gasteiger charge is -2.22. The van der Waals surface area contributed by atoms with Gasteiger partial charge in [-0.25, -0.2) is 9.97 Å². The highest BCUT2D eigenvalue weighted by Gasteiger charge is 2.22. The summed E-state index contributed by atoms with van der Waals surface area (Å²) in [4.78, 5) is 34.4. The van der Waals surface area contributed by atoms with Gasteiger partial charge in [-0.3, -0.25) is 9.36 Å². The van der Waals surface area contributed by atoms with Gasteiger partial charge in [0, 0.05) is 0 Å². The fraction of sp³-hybridized carbons (Fsp3) is 0.174. The number of nitrogen functional groups attached to an aromatic ring is 1. The van der Waals surface area contributed by atoms with Crippen LogP contribution >= 0.6 is 0 Å². The number of nitrogens with one attached hydrogen (secondary N) is 2. The molecule has 0 fully saturated rings. The van der Waals surface area contributed by atoms with E-state index in [0.29, 0.717) is 40.1 Å². The minimum atomic E-state index is -0.325. The summed E-state index contributed by atoms with van der Waals surface area (Å²) in [6.45, 7) is 3.95. The minimum absolute atomic E-state index is 0.108. The van der Waals surface area contributed by atoms with Gasteiger partial charge < -0.3 is 16.0 Å². The van der Waals surface area contributed by atoms with Crippen molar-refractivity contribution in [1.82, 2.24) is 29.5 Å². The zero-order chi connectivity index (χ0) is 22.2. The summed E-state index contributed by atoms with van der Waals surface area (Å²) in [5.74, 6) is 1.21. The van der Waals surface area contributed by atoms with Gasteiger partial charge >= 0.3 is 0 Å². The summed E-state index contributed by atoms with van der Waals surface area (Å²) < 4.78 is 1.67. The van der Waals surface area contributed by atoms with E-state index >= 15 is 0 Å². The van der Waals surface area contributed by atoms with Gasteiger partial charge in [-0.15, -0.1) is 0 Å². The molecule has 32 heavy (non-hydrogen) atoms. The number of H-pyrrole nitrogens is 1. The molecule has 0 saturated carbocycles. The number of aromatic amines is 1. The second kappa shape index (κ2) is 7.77. The van der Waals surface area contributed by atoms with Crippen LogP contribution in [0.25, 0.3) is 27.8 Å². The number of nitrogens with two attached hydrogens (primary N) is 1. The Morgan fingerprint density at radius 3 is 2.69 bits per heavy atom. The highest BCUT2D eigenvalue weighted by molar-refractivity contribution is 5.84. The fourth-order valence-electron chi connectivity index (χ4n) is 3.94. The van der Waals surface area contributed by atoms with Crippen LogP contribution in [0.15, 0.2) is 59.7 Å². The zero-order valence-corrected chi connectivity index (χ0v) is 17.7. The molecule has 0 saturated heterocycles. The first kappa shape index (κ1) is 19.7. The molecule has 2 aromatic carbocycles. The summed E-state index contributed by atoms with van der Waals surface area (Å²) in [5.41, 5.74) is 9.19. The molecule has 5 aromatic rings. The van der Waals surface area contributed by atoms with Crippen molar-refractivity contribution in [2.75, 3.05) is 11.1 Å². The summed E-state index contributed by atoms with van der Waals surface area (Å²) in [6.07, 6.45) is 2.19. The molecule has 0 bridgehead atoms. The van der Waals surface area contributed by atoms with Crippen molar-refractivity contribution < 1.29 is 0 Å². The molecule has 0 radical (unpaired) electrons. The van der Waals surface area contributed by atoms with Crippen LogP contribution < -0.4 is 16.6 Å². The number of rotatable bonds is 5. The van der Waals surface area contributed by atoms with E-state index < -0.39 is 0 Å². The number of nitrogens with zero attached hydrogens (tertiary/aromatic N) is 5. The zero-order valence-electron chi connectivity index (χ0n) is 17.7. The van der Waals surface area contributed by atoms with Gasteiger partial charge in [-0.2, -0.15) is 9.97 Å². The number of hydrogen-bond acceptors (Lipinski definition) is 7. The van der Waals surface area contributed by atoms with E-state index in [1.807, 2.05) is 62.4 Å². The number of anilines is 2. The Hall–Kier alpha value is -4.27. The third-order valence-electron chi connectivity index (χ3n) is 5.48. The summed E-state index contributed by atoms with van der Waals surface area (Å²) in [6, 6.07) is 14.9. The SMILES string of the molecule is CCC(Nc1nc(N)nc2nc[nH]c12)c1nc2cccc(C)c2c(=O)n1-c1ccccc1. The predicted octanol–water partition coefficient (Wildman–Crippen LogP) is 3.51. The first-order chi connectivity index (χ1) is 15.6. The maximum atomic E-state index is 13.7. The van der Waals surface area contributed by atoms with Crippen molar-refractivity contribution in [3.05, 3.63) is 76.6 Å². The van der Waals surface area contributed by atoms with Gasteiger partial charge in [0.25, 0.3) is 5.56 Å². The highest BCUT2D eigenvalue weighted by Crippen LogP contribution is 2.27. The quantitative estimate of drug-likeness (QED) is 0.392. The molecule has 3 aromatic heterocycles. The number of aryl methyl sites for hydroxylation is 1. The number of fused-ring (bicyclic) bond motifs is 2. The fourth-order valence-corrected chi connectivity index (χ4v) is 3.94. The van der Waals surface area contributed by atoms with Crippen LogP contribution in [0.2, 0.25) is 0 Å². The standard InChI is InChI=1S/C23H22N8O/c1-3-15(27-20-18-19(26-12-25-18)29-23(24)30-20)21-28-16-11-7-8-13(2)17(16)22(32)31(21)14-9-5-4-6-10-14/h4-12,15H,3H2,1-2H3,(H4,24,25,26,27,29,30). The lowest BCUT2D eigenvalue weighted by Crippen LogP contribution is -2.28. The maximum absolute atomic E-state index is 13.7. The van der Waals surface area contributed by atoms with Crippen molar-refractivity contribution in [3.8, 4) is 5.69 Å². The van der Waals surface area contributed by atoms with Gasteiger partial charge in [0.1, 0.15) is 11.3 Å². The average Bonchev–Trinajstić information content (AvgIpc) is 3.26. The molecule has 0 aliphatic carbocycles. The molecule has 0 aliphatic heterocycles. The maximum Gasteiger partial charge on any atom is 0.266 e. The van der Waals surface area contributed by atoms with E-state index in [-0.39, 0.29) is 17.5 Å². The third-order valence-corrected chi connectivity index (χ3v) is 5.48. The van der Waals surface area contributed by atoms with Crippen LogP contribution in [0.5, 0.6) is 0 Å². The first-order valence-electron chi connectivity index (χ1n) is 10.4. The van der Waals surface area contributed by atoms with Gasteiger partial charge in [0.15, 0.2) is 11.5 Å². The summed E-state index contributed by atoms with van der Waals surface area (Å²) in [5, 5.41) is 4.02. The molecular weight excluding hydrogens is 404 g/mol. The lowest BCUT2D eigenvalue weighted by molar-refractivity contribution is 0.659. The number of aromatic nitrogens is 6. The number of hydrogen-bond donors (Lipinski definition) is 3. The van der Waals surface area contributed by atoms with Crippen molar-refractivity contribution in [2.45, 2.75) is 26.3 Å². The Morgan fingerprint density at radius 2 is 1.91 bits per heavy atom. The van der Waals surface area contributed by atoms with Crippen LogP contribution in [0.1, 0.15) is 30.8 Å². The Bertz CT molecular complexity index is 1490. The molecule has 160 valence electrons. The Kier molecular flexibility index (Phi) is 4.78. The third kappa shape index (κ3) is 3.24. The topological polar surface area (TPSA) is 127 Å². The Morgan fingerprint density at radius 1 is 1.09 bits per heavy atom. The molecule has 0 amide bonds. The largest absolute Gasteiger partial charge is 0.368 e. The van der Waals surface area contributed by atoms with Gasteiger partial charge in [0.2, 0.25) is 5.95 Å². The molecular formula is C23H22N8O. The predicted molar refractivity (Wildman–Crippen MR) is 125 cm³/mol. The Labute approximate surface area is 183 Å². The number of imidazole rings is 1. The Balaban J connectivity index is 1.74. The molecule has 0 aliphatic rings. The molecule has 4 N–H and O–H groups in total. The van der Waals surface area contributed by atoms with Crippen LogP contribution in [-0.4, -0.2) is 29.5 Å². The molecule has 5 rings (SSSR count). The molecule has 1 atom stereocenters. The van der Waals surface area contributed by atoms with E-state index in [4.69, 9.17) is 10.7 Å². The highest BCUT2D eigenvalue weighted by atomic mass is 16.1. The molecule has 9 nitrogen and oxygen atoms in total. The van der Waals surface area contributed by atoms with Crippen LogP contribution in [0.4, 0.5) is 11.8 Å². The molecule has 0 spiro atoms. The average molecular weight is 426 g/mol. The van der Waals surface area contributed by atoms with Crippen LogP contribution in [0, 0.1) is 6.92 Å². The summed E-state index contributed by atoms with van der Waals surface area (Å²) in [7, 11) is 0. The molecule has 1 unspecified atom stereocenters. The van der Waals surface area contributed by atoms with Gasteiger partial charge in [-0.05, 0) is 37.1 Å². The normalized spacial score (nSPS) is 12.3. The number of benzene rings is 2. The second-order valence-corrected chi connectivity index (χ2v) is 7.55. The van der Waals surface area contributed by atoms with E-state index in [9.17, 15) is 4.79 Å². The van der Waals surface area contributed by atoms with E-state index in [2.05, 4.69) is 25.3 Å². The van der Waals surface area contributed by atoms with E-state index in [1.165, 1.54) is 0 Å². The van der Waals surface area contributed by atoms with E-state index in [1.54, 1.807) is 10.9 Å². The van der Waals surface area contributed by atoms with Crippen molar-refractivity contribution >= 4 is 33.8 Å². The molecule has 3 heterocycles. The minimum Gasteiger partial charge on any atom is -0.368 e. The smallest absolute Gasteiger partial charge is 0.266 e. The van der Waals surface area contributed by atoms with Crippen molar-refractivity contribution in [2.24, 2.45) is 0 Å². The van der Waals surface area contributed by atoms with Crippen LogP contribution in [-0.2, 0) is 0 Å². The van der Waals surface area contributed by atoms with E-state index in [0.717, 1.165) is 11.3 Å². The summed E-state index contributed by atoms with van der Waals surface area (Å²) >= 11 is 0. The molecule has 9 heteroatoms. The first-order valence-corrected chi connectivity index (χ1v) is 10.4. The number of para-hydroxylation sites is 1. The second-order valence-electron chi connectivity index (χ2n) is 7.55. The van der Waals surface area contributed by atoms with Crippen LogP contribution in [0.3, 0.4) is 0 Å². The van der Waals surface area contributed by atoms with Crippen molar-refractivity contribution in [1.29, 1.82) is 0 Å². The van der Waals surface area contributed by atoms with Crippen molar-refractivity contribution in [3.63, 3.8) is 0 Å².